The molecule has 4 aromatic rings. The first kappa shape index (κ1) is 19.7. The Bertz CT molecular complexity index is 1390. The first-order valence-corrected chi connectivity index (χ1v) is 9.38. The third-order valence-electron chi connectivity index (χ3n) is 4.39. The molecule has 0 atom stereocenters. The number of nitrogens with zero attached hydrogens (tertiary/aromatic N) is 7. The Morgan fingerprint density at radius 1 is 1.07 bits per heavy atom. The molecule has 0 saturated carbocycles. The summed E-state index contributed by atoms with van der Waals surface area (Å²) in [6.45, 7) is 0.0579. The molecule has 0 amide bonds. The van der Waals surface area contributed by atoms with Crippen molar-refractivity contribution >= 4 is 44.7 Å². The van der Waals surface area contributed by atoms with Crippen LogP contribution in [0.5, 0.6) is 0 Å². The molecule has 0 saturated heterocycles. The van der Waals surface area contributed by atoms with Gasteiger partial charge < -0.3 is 11.1 Å². The Balaban J connectivity index is 1.76. The standard InChI is InChI=1S/C17H15BrFN9O2/c1-26-12-11(13(29)27(2)17(26)30)24-14(18)28(12)7-10-22-15(20)25-16(23-10)21-9-5-3-8(19)4-6-9/h3-6H,7H2,1-2H3,(H3,20,21,22,23,25). The highest BCUT2D eigenvalue weighted by Crippen LogP contribution is 2.19. The Labute approximate surface area is 176 Å². The van der Waals surface area contributed by atoms with Gasteiger partial charge in [0, 0.05) is 19.8 Å². The maximum absolute atomic E-state index is 13.1. The Kier molecular flexibility index (Phi) is 4.81. The van der Waals surface area contributed by atoms with E-state index in [0.29, 0.717) is 16.1 Å². The molecule has 0 bridgehead atoms. The van der Waals surface area contributed by atoms with Crippen LogP contribution in [0.15, 0.2) is 38.6 Å². The van der Waals surface area contributed by atoms with Crippen molar-refractivity contribution in [1.82, 2.24) is 33.6 Å². The lowest BCUT2D eigenvalue weighted by Crippen LogP contribution is -2.37. The minimum atomic E-state index is -0.513. The van der Waals surface area contributed by atoms with Crippen molar-refractivity contribution in [1.29, 1.82) is 0 Å². The molecule has 4 rings (SSSR count). The zero-order valence-corrected chi connectivity index (χ0v) is 17.4. The molecule has 0 unspecified atom stereocenters. The van der Waals surface area contributed by atoms with Gasteiger partial charge in [0.05, 0.1) is 6.54 Å². The highest BCUT2D eigenvalue weighted by atomic mass is 79.9. The first-order chi connectivity index (χ1) is 14.2. The van der Waals surface area contributed by atoms with Gasteiger partial charge >= 0.3 is 5.69 Å². The molecule has 0 fully saturated rings. The van der Waals surface area contributed by atoms with Crippen molar-refractivity contribution in [3.8, 4) is 0 Å². The van der Waals surface area contributed by atoms with Crippen LogP contribution in [0.25, 0.3) is 11.2 Å². The van der Waals surface area contributed by atoms with E-state index in [0.717, 1.165) is 4.57 Å². The highest BCUT2D eigenvalue weighted by Gasteiger charge is 2.19. The molecule has 0 aliphatic rings. The maximum Gasteiger partial charge on any atom is 0.332 e. The summed E-state index contributed by atoms with van der Waals surface area (Å²) < 4.78 is 17.3. The van der Waals surface area contributed by atoms with Crippen LogP contribution >= 0.6 is 15.9 Å². The van der Waals surface area contributed by atoms with Crippen LogP contribution < -0.4 is 22.3 Å². The van der Waals surface area contributed by atoms with E-state index in [1.54, 1.807) is 4.57 Å². The summed E-state index contributed by atoms with van der Waals surface area (Å²) in [5.74, 6) is 0.0228. The molecule has 0 radical (unpaired) electrons. The molecule has 1 aromatic carbocycles. The van der Waals surface area contributed by atoms with Crippen LogP contribution in [0.2, 0.25) is 0 Å². The summed E-state index contributed by atoms with van der Waals surface area (Å²) in [4.78, 5) is 41.4. The van der Waals surface area contributed by atoms with Crippen molar-refractivity contribution in [3.05, 3.63) is 61.5 Å². The fraction of sp³-hybridized carbons (Fsp3) is 0.176. The van der Waals surface area contributed by atoms with Crippen molar-refractivity contribution in [2.24, 2.45) is 14.1 Å². The van der Waals surface area contributed by atoms with Crippen LogP contribution in [0, 0.1) is 5.82 Å². The number of nitrogen functional groups attached to an aromatic ring is 1. The zero-order chi connectivity index (χ0) is 21.6. The molecule has 3 N–H and O–H groups in total. The largest absolute Gasteiger partial charge is 0.368 e. The third-order valence-corrected chi connectivity index (χ3v) is 5.00. The second-order valence-corrected chi connectivity index (χ2v) is 7.12. The van der Waals surface area contributed by atoms with Gasteiger partial charge in [-0.2, -0.15) is 15.0 Å². The zero-order valence-electron chi connectivity index (χ0n) is 15.8. The molecule has 3 heterocycles. The average Bonchev–Trinajstić information content (AvgIpc) is 3.02. The Hall–Kier alpha value is -3.61. The molecule has 0 aliphatic carbocycles. The normalized spacial score (nSPS) is 11.2. The number of aryl methyl sites for hydroxylation is 1. The van der Waals surface area contributed by atoms with E-state index < -0.39 is 11.2 Å². The summed E-state index contributed by atoms with van der Waals surface area (Å²) >= 11 is 3.32. The van der Waals surface area contributed by atoms with E-state index in [9.17, 15) is 14.0 Å². The number of anilines is 3. The van der Waals surface area contributed by atoms with Crippen LogP contribution in [0.3, 0.4) is 0 Å². The van der Waals surface area contributed by atoms with Crippen molar-refractivity contribution in [2.45, 2.75) is 6.54 Å². The lowest BCUT2D eigenvalue weighted by molar-refractivity contribution is 0.628. The molecule has 11 nitrogen and oxygen atoms in total. The minimum Gasteiger partial charge on any atom is -0.368 e. The number of hydrogen-bond acceptors (Lipinski definition) is 8. The van der Waals surface area contributed by atoms with E-state index in [4.69, 9.17) is 5.73 Å². The molecule has 13 heteroatoms. The monoisotopic (exact) mass is 475 g/mol. The van der Waals surface area contributed by atoms with Crippen molar-refractivity contribution < 1.29 is 4.39 Å². The van der Waals surface area contributed by atoms with E-state index in [1.807, 2.05) is 0 Å². The smallest absolute Gasteiger partial charge is 0.332 e. The van der Waals surface area contributed by atoms with Crippen molar-refractivity contribution in [3.63, 3.8) is 0 Å². The molecular formula is C17H15BrFN9O2. The molecule has 0 aliphatic heterocycles. The predicted octanol–water partition coefficient (Wildman–Crippen LogP) is 0.894. The highest BCUT2D eigenvalue weighted by molar-refractivity contribution is 9.10. The van der Waals surface area contributed by atoms with Gasteiger partial charge in [-0.15, -0.1) is 0 Å². The molecule has 3 aromatic heterocycles. The first-order valence-electron chi connectivity index (χ1n) is 8.59. The van der Waals surface area contributed by atoms with E-state index in [-0.39, 0.29) is 35.6 Å². The van der Waals surface area contributed by atoms with Gasteiger partial charge in [-0.1, -0.05) is 0 Å². The topological polar surface area (TPSA) is 139 Å². The van der Waals surface area contributed by atoms with Gasteiger partial charge in [0.2, 0.25) is 11.9 Å². The lowest BCUT2D eigenvalue weighted by atomic mass is 10.3. The fourth-order valence-corrected chi connectivity index (χ4v) is 3.44. The number of halogens is 2. The number of hydrogen-bond donors (Lipinski definition) is 2. The van der Waals surface area contributed by atoms with Gasteiger partial charge in [-0.3, -0.25) is 18.5 Å². The van der Waals surface area contributed by atoms with Gasteiger partial charge in [0.1, 0.15) is 5.82 Å². The van der Waals surface area contributed by atoms with Crippen LogP contribution in [-0.2, 0) is 20.6 Å². The molecule has 154 valence electrons. The van der Waals surface area contributed by atoms with Crippen LogP contribution in [-0.4, -0.2) is 33.6 Å². The summed E-state index contributed by atoms with van der Waals surface area (Å²) in [6, 6.07) is 5.65. The van der Waals surface area contributed by atoms with E-state index in [1.165, 1.54) is 42.9 Å². The van der Waals surface area contributed by atoms with Gasteiger partial charge in [0.25, 0.3) is 5.56 Å². The second kappa shape index (κ2) is 7.33. The van der Waals surface area contributed by atoms with E-state index >= 15 is 0 Å². The Morgan fingerprint density at radius 3 is 2.47 bits per heavy atom. The van der Waals surface area contributed by atoms with Gasteiger partial charge in [-0.05, 0) is 40.2 Å². The second-order valence-electron chi connectivity index (χ2n) is 6.41. The molecular weight excluding hydrogens is 461 g/mol. The number of imidazole rings is 1. The van der Waals surface area contributed by atoms with Crippen LogP contribution in [0.1, 0.15) is 5.82 Å². The number of aromatic nitrogens is 7. The predicted molar refractivity (Wildman–Crippen MR) is 111 cm³/mol. The molecule has 0 spiro atoms. The summed E-state index contributed by atoms with van der Waals surface area (Å²) in [5, 5.41) is 2.93. The fourth-order valence-electron chi connectivity index (χ4n) is 2.97. The number of benzene rings is 1. The maximum atomic E-state index is 13.1. The lowest BCUT2D eigenvalue weighted by Gasteiger charge is -2.10. The molecule has 30 heavy (non-hydrogen) atoms. The quantitative estimate of drug-likeness (QED) is 0.415. The SMILES string of the molecule is Cn1c(=O)c2nc(Br)n(Cc3nc(N)nc(Nc4ccc(F)cc4)n3)c2n(C)c1=O. The third kappa shape index (κ3) is 3.43. The average molecular weight is 476 g/mol. The number of fused-ring (bicyclic) bond motifs is 1. The number of rotatable bonds is 4. The summed E-state index contributed by atoms with van der Waals surface area (Å²) in [5.41, 5.74) is 5.80. The van der Waals surface area contributed by atoms with E-state index in [2.05, 4.69) is 41.2 Å². The number of nitrogens with one attached hydrogen (secondary N) is 1. The summed E-state index contributed by atoms with van der Waals surface area (Å²) in [7, 11) is 2.93. The van der Waals surface area contributed by atoms with Gasteiger partial charge in [-0.25, -0.2) is 14.2 Å². The van der Waals surface area contributed by atoms with Crippen molar-refractivity contribution in [2.75, 3.05) is 11.1 Å². The van der Waals surface area contributed by atoms with Gasteiger partial charge in [0.15, 0.2) is 21.7 Å². The number of nitrogens with two attached hydrogens (primary N) is 1. The minimum absolute atomic E-state index is 0.0324. The Morgan fingerprint density at radius 2 is 1.77 bits per heavy atom. The van der Waals surface area contributed by atoms with Crippen LogP contribution in [0.4, 0.5) is 22.0 Å². The summed E-state index contributed by atoms with van der Waals surface area (Å²) in [6.07, 6.45) is 0.